The van der Waals surface area contributed by atoms with Crippen molar-refractivity contribution in [1.29, 1.82) is 10.8 Å². The van der Waals surface area contributed by atoms with Crippen LogP contribution in [0.3, 0.4) is 0 Å². The largest absolute Gasteiger partial charge is 0.395 e. The summed E-state index contributed by atoms with van der Waals surface area (Å²) in [4.78, 5) is 8.45. The van der Waals surface area contributed by atoms with Crippen molar-refractivity contribution in [1.82, 2.24) is 15.3 Å². The molecule has 0 bridgehead atoms. The third-order valence-electron chi connectivity index (χ3n) is 5.64. The lowest BCUT2D eigenvalue weighted by Gasteiger charge is -2.22. The summed E-state index contributed by atoms with van der Waals surface area (Å²) >= 11 is 25.1. The highest BCUT2D eigenvalue weighted by Crippen LogP contribution is 2.38. The van der Waals surface area contributed by atoms with Crippen molar-refractivity contribution in [2.75, 3.05) is 23.8 Å². The number of benzene rings is 2. The number of hydrogen-bond acceptors (Lipinski definition) is 9. The van der Waals surface area contributed by atoms with Crippen molar-refractivity contribution in [3.63, 3.8) is 0 Å². The highest BCUT2D eigenvalue weighted by atomic mass is 35.5. The molecule has 0 radical (unpaired) electrons. The normalized spacial score (nSPS) is 12.1. The smallest absolute Gasteiger partial charge is 0.141 e. The van der Waals surface area contributed by atoms with Gasteiger partial charge in [0, 0.05) is 47.5 Å². The number of hydrogen-bond donors (Lipinski definition) is 5. The first-order valence-corrected chi connectivity index (χ1v) is 13.0. The van der Waals surface area contributed by atoms with E-state index in [0.29, 0.717) is 33.5 Å². The lowest BCUT2D eigenvalue weighted by molar-refractivity contribution is 0.298. The lowest BCUT2D eigenvalue weighted by Crippen LogP contribution is -2.18. The molecule has 1 atom stereocenters. The zero-order valence-corrected chi connectivity index (χ0v) is 23.3. The van der Waals surface area contributed by atoms with Gasteiger partial charge in [0.15, 0.2) is 0 Å². The Kier molecular flexibility index (Phi) is 9.58. The van der Waals surface area contributed by atoms with Gasteiger partial charge in [0.25, 0.3) is 0 Å². The van der Waals surface area contributed by atoms with E-state index in [9.17, 15) is 9.65 Å². The minimum atomic E-state index is -0.811. The molecule has 204 valence electrons. The fourth-order valence-corrected chi connectivity index (χ4v) is 4.73. The molecule has 40 heavy (non-hydrogen) atoms. The Morgan fingerprint density at radius 2 is 1.85 bits per heavy atom. The van der Waals surface area contributed by atoms with E-state index in [2.05, 4.69) is 37.1 Å². The molecular formula is C26H19Cl4FN8O. The molecule has 0 saturated carbocycles. The highest BCUT2D eigenvalue weighted by Gasteiger charge is 2.22. The number of nitriles is 1. The van der Waals surface area contributed by atoms with Crippen molar-refractivity contribution in [3.05, 3.63) is 97.9 Å². The minimum absolute atomic E-state index is 0.0909. The van der Waals surface area contributed by atoms with Crippen LogP contribution in [0.1, 0.15) is 17.2 Å². The summed E-state index contributed by atoms with van der Waals surface area (Å²) in [5, 5.41) is 32.9. The van der Waals surface area contributed by atoms with E-state index in [-0.39, 0.29) is 44.6 Å². The van der Waals surface area contributed by atoms with Gasteiger partial charge in [-0.1, -0.05) is 46.4 Å². The van der Waals surface area contributed by atoms with E-state index in [1.165, 1.54) is 42.9 Å². The summed E-state index contributed by atoms with van der Waals surface area (Å²) in [7, 11) is 0. The first-order valence-electron chi connectivity index (χ1n) is 11.5. The number of aliphatic hydroxyl groups excluding tert-OH is 1. The first kappa shape index (κ1) is 29.3. The molecule has 2 heterocycles. The van der Waals surface area contributed by atoms with Crippen LogP contribution in [-0.4, -0.2) is 28.2 Å². The van der Waals surface area contributed by atoms with Gasteiger partial charge in [-0.2, -0.15) is 10.4 Å². The molecule has 0 spiro atoms. The number of anilines is 3. The summed E-state index contributed by atoms with van der Waals surface area (Å²) in [6, 6.07) is 10.2. The van der Waals surface area contributed by atoms with Gasteiger partial charge in [-0.05, 0) is 36.4 Å². The molecule has 5 N–H and O–H groups in total. The van der Waals surface area contributed by atoms with Crippen molar-refractivity contribution in [3.8, 4) is 6.07 Å². The van der Waals surface area contributed by atoms with Crippen molar-refractivity contribution >= 4 is 74.4 Å². The molecule has 14 heteroatoms. The number of nitrogens with zero attached hydrogens (tertiary/aromatic N) is 4. The van der Waals surface area contributed by atoms with E-state index in [1.807, 2.05) is 0 Å². The molecule has 0 fully saturated rings. The maximum Gasteiger partial charge on any atom is 0.141 e. The van der Waals surface area contributed by atoms with E-state index < -0.39 is 11.9 Å². The SMILES string of the molecule is N#Cc1cnc2c(Cl)cc(N[C@H](/C(=C/NCCO)N=N)c3cnc(Cl)cc3Cl)cc2c1Nc1ccc(F)c(Cl)c1. The van der Waals surface area contributed by atoms with Crippen molar-refractivity contribution in [2.24, 2.45) is 5.11 Å². The molecule has 4 rings (SSSR count). The van der Waals surface area contributed by atoms with Crippen molar-refractivity contribution in [2.45, 2.75) is 6.04 Å². The Bertz CT molecular complexity index is 1660. The van der Waals surface area contributed by atoms with Crippen LogP contribution >= 0.6 is 46.4 Å². The molecule has 0 amide bonds. The number of nitrogens with one attached hydrogen (secondary N) is 4. The summed E-state index contributed by atoms with van der Waals surface area (Å²) < 4.78 is 13.7. The van der Waals surface area contributed by atoms with E-state index in [4.69, 9.17) is 57.0 Å². The number of aromatic nitrogens is 2. The molecule has 0 aliphatic rings. The van der Waals surface area contributed by atoms with Gasteiger partial charge in [-0.25, -0.2) is 14.9 Å². The van der Waals surface area contributed by atoms with Crippen LogP contribution in [0.5, 0.6) is 0 Å². The van der Waals surface area contributed by atoms with Gasteiger partial charge in [-0.3, -0.25) is 4.98 Å². The molecule has 0 aliphatic carbocycles. The second-order valence-corrected chi connectivity index (χ2v) is 9.84. The van der Waals surface area contributed by atoms with Crippen LogP contribution in [0.15, 0.2) is 65.8 Å². The number of pyridine rings is 2. The zero-order chi connectivity index (χ0) is 28.8. The third kappa shape index (κ3) is 6.53. The van der Waals surface area contributed by atoms with Gasteiger partial charge >= 0.3 is 0 Å². The van der Waals surface area contributed by atoms with Gasteiger partial charge in [0.05, 0.1) is 38.4 Å². The van der Waals surface area contributed by atoms with E-state index in [0.717, 1.165) is 0 Å². The Morgan fingerprint density at radius 3 is 2.52 bits per heavy atom. The fourth-order valence-electron chi connectivity index (χ4n) is 3.81. The van der Waals surface area contributed by atoms with Crippen LogP contribution in [-0.2, 0) is 0 Å². The summed E-state index contributed by atoms with van der Waals surface area (Å²) in [5.41, 5.74) is 10.3. The predicted octanol–water partition coefficient (Wildman–Crippen LogP) is 7.61. The highest BCUT2D eigenvalue weighted by molar-refractivity contribution is 6.36. The Labute approximate surface area is 248 Å². The van der Waals surface area contributed by atoms with Gasteiger partial charge in [0.1, 0.15) is 28.8 Å². The number of rotatable bonds is 10. The molecule has 0 unspecified atom stereocenters. The maximum absolute atomic E-state index is 13.7. The van der Waals surface area contributed by atoms with Crippen molar-refractivity contribution < 1.29 is 9.50 Å². The molecule has 2 aromatic heterocycles. The molecular weight excluding hydrogens is 601 g/mol. The average Bonchev–Trinajstić information content (AvgIpc) is 2.93. The standard InChI is InChI=1S/C26H19Cl4FN8O/c27-18-8-23(30)35-11-17(18)26(22(39-33)12-34-3-4-40)38-15-5-16-24(37-14-1-2-21(31)19(28)6-14)13(9-32)10-36-25(16)20(29)7-15/h1-2,5-8,10-12,26,33-34,38,40H,3-4H2,(H,36,37)/b22-12-,39-33?/t26-/m0/s1. The molecule has 9 nitrogen and oxygen atoms in total. The second-order valence-electron chi connectivity index (χ2n) is 8.23. The number of aliphatic hydroxyl groups is 1. The Morgan fingerprint density at radius 1 is 1.07 bits per heavy atom. The van der Waals surface area contributed by atoms with Gasteiger partial charge < -0.3 is 21.1 Å². The van der Waals surface area contributed by atoms with Crippen LogP contribution in [0.4, 0.5) is 21.5 Å². The Balaban J connectivity index is 1.85. The third-order valence-corrected chi connectivity index (χ3v) is 6.75. The van der Waals surface area contributed by atoms with Crippen LogP contribution in [0.25, 0.3) is 10.9 Å². The molecule has 2 aromatic carbocycles. The van der Waals surface area contributed by atoms with E-state index >= 15 is 0 Å². The Hall–Kier alpha value is -3.72. The fraction of sp³-hybridized carbons (Fsp3) is 0.115. The predicted molar refractivity (Wildman–Crippen MR) is 155 cm³/mol. The molecule has 0 saturated heterocycles. The molecule has 4 aromatic rings. The first-order chi connectivity index (χ1) is 19.2. The summed E-state index contributed by atoms with van der Waals surface area (Å²) in [6.07, 6.45) is 4.30. The average molecular weight is 620 g/mol. The number of fused-ring (bicyclic) bond motifs is 1. The minimum Gasteiger partial charge on any atom is -0.395 e. The summed E-state index contributed by atoms with van der Waals surface area (Å²) in [6.45, 7) is 0.0951. The van der Waals surface area contributed by atoms with Crippen LogP contribution in [0.2, 0.25) is 20.2 Å². The quantitative estimate of drug-likeness (QED) is 0.0698. The van der Waals surface area contributed by atoms with Crippen LogP contribution < -0.4 is 16.0 Å². The maximum atomic E-state index is 13.7. The van der Waals surface area contributed by atoms with E-state index in [1.54, 1.807) is 12.1 Å². The van der Waals surface area contributed by atoms with Crippen LogP contribution in [0, 0.1) is 22.7 Å². The second kappa shape index (κ2) is 13.1. The lowest BCUT2D eigenvalue weighted by atomic mass is 10.0. The topological polar surface area (TPSA) is 142 Å². The monoisotopic (exact) mass is 618 g/mol. The summed E-state index contributed by atoms with van der Waals surface area (Å²) in [5.74, 6) is -0.583. The van der Waals surface area contributed by atoms with Gasteiger partial charge in [-0.15, -0.1) is 0 Å². The molecule has 0 aliphatic heterocycles. The van der Waals surface area contributed by atoms with Gasteiger partial charge in [0.2, 0.25) is 0 Å². The number of halogens is 5. The zero-order valence-electron chi connectivity index (χ0n) is 20.3.